The minimum Gasteiger partial charge on any atom is -0.481 e. The minimum absolute atomic E-state index is 0.375. The lowest BCUT2D eigenvalue weighted by molar-refractivity contribution is -0.0208. The number of benzene rings is 2. The minimum atomic E-state index is 0.375. The standard InChI is InChI=1S/C24H29NS.C19H28N2S.C18H26N2O2.C17H24N2S/c1-26-23-5-3-2-4-22(23)21-8-6-17(7-9-21)16-25-24-13-18-10-19(14-24)12-20(11-18)15-24;1-2-5-22-18-4-3-14(12-20-18)13-21-19-9-15-6-16(10-19)8-17(7-15)11-19;1-21-16-4-3-15(17(20-16)22-2)11-19-18-8-12-5-13(9-18)7-14(6-12)10-18;1-2-14(1)15-9-18-16(20-15)10-19-17-6-11-3-12(7-17)5-13(4-11)8-17/h2-9,18-20,25H,10-16H2,1H3;3-4,12,15-17,21H,2,5-11,13H2,1H3;3-4,12-14,19H,5-11H2,1-2H3;9,11-14,19H,1-8,10H2. The second kappa shape index (κ2) is 27.0. The molecule has 0 spiro atoms. The van der Waals surface area contributed by atoms with Crippen LogP contribution in [-0.4, -0.2) is 63.3 Å². The molecule has 0 saturated heterocycles. The molecular weight excluding hydrogens is 1160 g/mol. The van der Waals surface area contributed by atoms with Gasteiger partial charge in [-0.25, -0.2) is 9.97 Å². The van der Waals surface area contributed by atoms with Crippen molar-refractivity contribution in [2.75, 3.05) is 26.2 Å². The predicted molar refractivity (Wildman–Crippen MR) is 371 cm³/mol. The van der Waals surface area contributed by atoms with E-state index in [4.69, 9.17) is 9.47 Å². The van der Waals surface area contributed by atoms with Gasteiger partial charge >= 0.3 is 0 Å². The number of pyridine rings is 2. The molecule has 2 aromatic carbocycles. The van der Waals surface area contributed by atoms with Crippen LogP contribution in [0.5, 0.6) is 11.8 Å². The Bertz CT molecular complexity index is 3070. The van der Waals surface area contributed by atoms with E-state index in [-0.39, 0.29) is 0 Å². The first-order chi connectivity index (χ1) is 43.9. The second-order valence-corrected chi connectivity index (χ2v) is 35.5. The quantitative estimate of drug-likeness (QED) is 0.0560. The van der Waals surface area contributed by atoms with E-state index >= 15 is 0 Å². The molecule has 16 bridgehead atoms. The first kappa shape index (κ1) is 62.6. The highest BCUT2D eigenvalue weighted by molar-refractivity contribution is 7.99. The molecule has 5 aromatic rings. The highest BCUT2D eigenvalue weighted by Gasteiger charge is 2.54. The predicted octanol–water partition coefficient (Wildman–Crippen LogP) is 18.0. The molecule has 3 heterocycles. The largest absolute Gasteiger partial charge is 0.481 e. The van der Waals surface area contributed by atoms with E-state index in [1.54, 1.807) is 14.2 Å². The molecule has 12 heteroatoms. The number of nitrogens with zero attached hydrogens (tertiary/aromatic N) is 3. The van der Waals surface area contributed by atoms with Crippen molar-refractivity contribution < 1.29 is 9.47 Å². The monoisotopic (exact) mass is 1270 g/mol. The van der Waals surface area contributed by atoms with E-state index in [1.807, 2.05) is 40.9 Å². The fourth-order valence-electron chi connectivity index (χ4n) is 22.8. The summed E-state index contributed by atoms with van der Waals surface area (Å²) < 4.78 is 10.6. The Morgan fingerprint density at radius 1 is 0.489 bits per heavy atom. The fraction of sp³-hybridized carbons (Fsp3) is 0.679. The van der Waals surface area contributed by atoms with E-state index < -0.39 is 0 Å². The van der Waals surface area contributed by atoms with Crippen LogP contribution in [0.4, 0.5) is 0 Å². The average Bonchev–Trinajstić information content (AvgIpc) is 1.13. The van der Waals surface area contributed by atoms with Crippen LogP contribution in [0, 0.1) is 71.0 Å². The van der Waals surface area contributed by atoms with Crippen LogP contribution in [0.1, 0.15) is 213 Å². The summed E-state index contributed by atoms with van der Waals surface area (Å²) >= 11 is 5.65. The van der Waals surface area contributed by atoms with Crippen LogP contribution in [0.15, 0.2) is 95.1 Å². The number of nitrogens with one attached hydrogen (secondary N) is 4. The third-order valence-electron chi connectivity index (χ3n) is 25.2. The second-order valence-electron chi connectivity index (χ2n) is 32.4. The van der Waals surface area contributed by atoms with Crippen LogP contribution in [-0.2, 0) is 26.2 Å². The fourth-order valence-corrected chi connectivity index (χ4v) is 25.1. The molecule has 3 aromatic heterocycles. The summed E-state index contributed by atoms with van der Waals surface area (Å²) in [4.78, 5) is 16.5. The molecule has 17 aliphatic rings. The molecule has 17 saturated carbocycles. The molecule has 0 radical (unpaired) electrons. The van der Waals surface area contributed by atoms with Crippen molar-refractivity contribution >= 4 is 34.9 Å². The molecule has 17 aliphatic carbocycles. The van der Waals surface area contributed by atoms with Gasteiger partial charge in [-0.15, -0.1) is 34.9 Å². The zero-order chi connectivity index (χ0) is 60.9. The highest BCUT2D eigenvalue weighted by Crippen LogP contribution is 2.59. The summed E-state index contributed by atoms with van der Waals surface area (Å²) in [6, 6.07) is 26.4. The van der Waals surface area contributed by atoms with Gasteiger partial charge in [0.1, 0.15) is 5.01 Å². The number of aromatic nitrogens is 3. The van der Waals surface area contributed by atoms with Crippen molar-refractivity contribution in [3.63, 3.8) is 0 Å². The molecule has 4 N–H and O–H groups in total. The van der Waals surface area contributed by atoms with Gasteiger partial charge in [0.15, 0.2) is 0 Å². The van der Waals surface area contributed by atoms with Crippen molar-refractivity contribution in [1.82, 2.24) is 36.2 Å². The molecule has 90 heavy (non-hydrogen) atoms. The summed E-state index contributed by atoms with van der Waals surface area (Å²) in [6.45, 7) is 6.10. The summed E-state index contributed by atoms with van der Waals surface area (Å²) in [5.41, 5.74) is 8.35. The van der Waals surface area contributed by atoms with Gasteiger partial charge in [0.25, 0.3) is 0 Å². The topological polar surface area (TPSA) is 105 Å². The van der Waals surface area contributed by atoms with Crippen molar-refractivity contribution in [3.8, 4) is 22.9 Å². The molecule has 17 fully saturated rings. The van der Waals surface area contributed by atoms with Gasteiger partial charge in [0, 0.05) is 82.1 Å². The smallest absolute Gasteiger partial charge is 0.220 e. The van der Waals surface area contributed by atoms with Crippen molar-refractivity contribution in [1.29, 1.82) is 0 Å². The first-order valence-corrected chi connectivity index (χ1v) is 39.3. The Labute approximate surface area is 553 Å². The number of hydrogen-bond acceptors (Lipinski definition) is 12. The SMILES string of the molecule is CCCSc1ccc(CNC23CC4CC(CC(C4)C2)C3)cn1.COc1ccc(CNC23CC4CC(CC(C4)C2)C3)c(OC)n1.CSc1ccccc1-c1ccc(CNC23CC4CC(CC(C4)C2)C3)cc1.c1nc(CNC23CC4CC(CC(C4)C2)C3)sc1C1CC1. The maximum atomic E-state index is 5.43. The molecule has 0 atom stereocenters. The van der Waals surface area contributed by atoms with E-state index in [2.05, 4.69) is 129 Å². The van der Waals surface area contributed by atoms with Crippen molar-refractivity contribution in [2.45, 2.75) is 244 Å². The zero-order valence-electron chi connectivity index (χ0n) is 55.1. The molecule has 0 aliphatic heterocycles. The summed E-state index contributed by atoms with van der Waals surface area (Å²) in [5.74, 6) is 15.4. The number of thioether (sulfide) groups is 2. The van der Waals surface area contributed by atoms with Crippen LogP contribution >= 0.6 is 34.9 Å². The third kappa shape index (κ3) is 14.4. The van der Waals surface area contributed by atoms with Crippen molar-refractivity contribution in [3.05, 3.63) is 112 Å². The van der Waals surface area contributed by atoms with E-state index in [0.29, 0.717) is 33.9 Å². The highest BCUT2D eigenvalue weighted by atomic mass is 32.2. The van der Waals surface area contributed by atoms with Crippen LogP contribution in [0.2, 0.25) is 0 Å². The lowest BCUT2D eigenvalue weighted by Gasteiger charge is -2.57. The number of hydrogen-bond donors (Lipinski definition) is 4. The lowest BCUT2D eigenvalue weighted by Crippen LogP contribution is -2.58. The van der Waals surface area contributed by atoms with Crippen LogP contribution < -0.4 is 30.7 Å². The summed E-state index contributed by atoms with van der Waals surface area (Å²) in [5, 5.41) is 18.3. The van der Waals surface area contributed by atoms with Gasteiger partial charge in [-0.05, 0) is 303 Å². The van der Waals surface area contributed by atoms with Crippen molar-refractivity contribution in [2.24, 2.45) is 71.0 Å². The Hall–Kier alpha value is -3.49. The number of ether oxygens (including phenoxy) is 2. The van der Waals surface area contributed by atoms with Crippen LogP contribution in [0.25, 0.3) is 11.1 Å². The van der Waals surface area contributed by atoms with Gasteiger partial charge < -0.3 is 30.7 Å². The maximum Gasteiger partial charge on any atom is 0.220 e. The normalized spacial score (nSPS) is 36.2. The molecule has 484 valence electrons. The average molecular weight is 1270 g/mol. The van der Waals surface area contributed by atoms with E-state index in [1.165, 1.54) is 215 Å². The first-order valence-electron chi connectivity index (χ1n) is 36.3. The van der Waals surface area contributed by atoms with Gasteiger partial charge in [-0.3, -0.25) is 0 Å². The molecular formula is C78H107N7O2S3. The Morgan fingerprint density at radius 2 is 0.944 bits per heavy atom. The maximum absolute atomic E-state index is 5.43. The van der Waals surface area contributed by atoms with Gasteiger partial charge in [-0.2, -0.15) is 4.98 Å². The Morgan fingerprint density at radius 3 is 1.38 bits per heavy atom. The van der Waals surface area contributed by atoms with Gasteiger partial charge in [0.2, 0.25) is 11.8 Å². The van der Waals surface area contributed by atoms with Crippen LogP contribution in [0.3, 0.4) is 0 Å². The lowest BCUT2D eigenvalue weighted by atomic mass is 9.53. The van der Waals surface area contributed by atoms with E-state index in [9.17, 15) is 0 Å². The number of methoxy groups -OCH3 is 2. The Balaban J connectivity index is 0.000000101. The molecule has 9 nitrogen and oxygen atoms in total. The number of rotatable bonds is 20. The molecule has 0 amide bonds. The van der Waals surface area contributed by atoms with Gasteiger partial charge in [0.05, 0.1) is 19.2 Å². The summed E-state index contributed by atoms with van der Waals surface area (Å²) in [6.07, 6.45) is 45.5. The van der Waals surface area contributed by atoms with Gasteiger partial charge in [-0.1, -0.05) is 55.5 Å². The zero-order valence-corrected chi connectivity index (χ0v) is 57.5. The Kier molecular flexibility index (Phi) is 18.8. The molecule has 22 rings (SSSR count). The van der Waals surface area contributed by atoms with E-state index in [0.717, 1.165) is 114 Å². The number of thiazole rings is 1. The molecule has 0 unspecified atom stereocenters. The third-order valence-corrected chi connectivity index (χ3v) is 28.4. The summed E-state index contributed by atoms with van der Waals surface area (Å²) in [7, 11) is 3.31.